The van der Waals surface area contributed by atoms with Crippen molar-refractivity contribution in [2.75, 3.05) is 5.32 Å². The highest BCUT2D eigenvalue weighted by Crippen LogP contribution is 2.19. The lowest BCUT2D eigenvalue weighted by molar-refractivity contribution is -0.120. The molecule has 3 nitrogen and oxygen atoms in total. The summed E-state index contributed by atoms with van der Waals surface area (Å²) in [6, 6.07) is 17.6. The second-order valence-corrected chi connectivity index (χ2v) is 6.04. The Morgan fingerprint density at radius 1 is 1.04 bits per heavy atom. The monoisotopic (exact) mass is 325 g/mol. The van der Waals surface area contributed by atoms with Gasteiger partial charge in [0.2, 0.25) is 5.91 Å². The van der Waals surface area contributed by atoms with Crippen molar-refractivity contribution < 1.29 is 9.53 Å². The summed E-state index contributed by atoms with van der Waals surface area (Å²) in [6.45, 7) is 4.76. The van der Waals surface area contributed by atoms with Gasteiger partial charge in [-0.3, -0.25) is 4.79 Å². The molecule has 0 saturated heterocycles. The second kappa shape index (κ2) is 9.76. The first kappa shape index (κ1) is 18.1. The zero-order valence-corrected chi connectivity index (χ0v) is 14.6. The summed E-state index contributed by atoms with van der Waals surface area (Å²) in [4.78, 5) is 12.3. The van der Waals surface area contributed by atoms with Crippen molar-refractivity contribution in [2.24, 2.45) is 5.92 Å². The van der Waals surface area contributed by atoms with Crippen LogP contribution in [0.1, 0.15) is 45.1 Å². The van der Waals surface area contributed by atoms with Gasteiger partial charge in [0.05, 0.1) is 0 Å². The molecule has 0 spiro atoms. The van der Waals surface area contributed by atoms with E-state index in [4.69, 9.17) is 4.74 Å². The van der Waals surface area contributed by atoms with Crippen LogP contribution in [0, 0.1) is 5.92 Å². The maximum Gasteiger partial charge on any atom is 0.227 e. The minimum Gasteiger partial charge on any atom is -0.489 e. The highest BCUT2D eigenvalue weighted by molar-refractivity contribution is 5.92. The summed E-state index contributed by atoms with van der Waals surface area (Å²) in [6.07, 6.45) is 4.05. The van der Waals surface area contributed by atoms with E-state index >= 15 is 0 Å². The molecule has 2 rings (SSSR count). The Morgan fingerprint density at radius 2 is 1.75 bits per heavy atom. The van der Waals surface area contributed by atoms with E-state index in [-0.39, 0.29) is 11.8 Å². The highest BCUT2D eigenvalue weighted by Gasteiger charge is 2.15. The topological polar surface area (TPSA) is 38.3 Å². The summed E-state index contributed by atoms with van der Waals surface area (Å²) >= 11 is 0. The Hall–Kier alpha value is -2.29. The number of hydrogen-bond donors (Lipinski definition) is 1. The molecular weight excluding hydrogens is 298 g/mol. The third kappa shape index (κ3) is 5.73. The lowest BCUT2D eigenvalue weighted by atomic mass is 9.98. The number of benzene rings is 2. The molecule has 1 N–H and O–H groups in total. The third-order valence-electron chi connectivity index (χ3n) is 4.14. The van der Waals surface area contributed by atoms with Crippen LogP contribution in [0.25, 0.3) is 0 Å². The standard InChI is InChI=1S/C21H27NO2/c1-3-5-11-18(4-2)21(23)22-19-12-14-20(15-13-19)24-16-17-9-7-6-8-10-17/h6-10,12-15,18H,3-5,11,16H2,1-2H3,(H,22,23)/t18-/m0/s1. The molecule has 0 aromatic heterocycles. The van der Waals surface area contributed by atoms with Gasteiger partial charge in [-0.05, 0) is 42.7 Å². The fraction of sp³-hybridized carbons (Fsp3) is 0.381. The number of ether oxygens (including phenoxy) is 1. The fourth-order valence-electron chi connectivity index (χ4n) is 2.59. The van der Waals surface area contributed by atoms with Crippen molar-refractivity contribution in [1.82, 2.24) is 0 Å². The van der Waals surface area contributed by atoms with Crippen LogP contribution < -0.4 is 10.1 Å². The molecule has 0 radical (unpaired) electrons. The van der Waals surface area contributed by atoms with E-state index in [1.54, 1.807) is 0 Å². The summed E-state index contributed by atoms with van der Waals surface area (Å²) < 4.78 is 5.76. The first-order valence-corrected chi connectivity index (χ1v) is 8.80. The Kier molecular flexibility index (Phi) is 7.34. The number of rotatable bonds is 9. The van der Waals surface area contributed by atoms with E-state index in [9.17, 15) is 4.79 Å². The molecule has 2 aromatic carbocycles. The van der Waals surface area contributed by atoms with Crippen molar-refractivity contribution >= 4 is 11.6 Å². The lowest BCUT2D eigenvalue weighted by Crippen LogP contribution is -2.22. The van der Waals surface area contributed by atoms with Gasteiger partial charge < -0.3 is 10.1 Å². The van der Waals surface area contributed by atoms with Gasteiger partial charge in [0, 0.05) is 11.6 Å². The number of carbonyl (C=O) groups is 1. The average Bonchev–Trinajstić information content (AvgIpc) is 2.62. The van der Waals surface area contributed by atoms with Crippen LogP contribution in [-0.2, 0) is 11.4 Å². The van der Waals surface area contributed by atoms with Gasteiger partial charge >= 0.3 is 0 Å². The molecule has 1 atom stereocenters. The van der Waals surface area contributed by atoms with Crippen molar-refractivity contribution in [2.45, 2.75) is 46.1 Å². The summed E-state index contributed by atoms with van der Waals surface area (Å²) in [5.74, 6) is 1.01. The SMILES string of the molecule is CCCC[C@H](CC)C(=O)Nc1ccc(OCc2ccccc2)cc1. The molecular formula is C21H27NO2. The summed E-state index contributed by atoms with van der Waals surface area (Å²) in [7, 11) is 0. The predicted molar refractivity (Wildman–Crippen MR) is 99.2 cm³/mol. The molecule has 0 bridgehead atoms. The normalized spacial score (nSPS) is 11.8. The van der Waals surface area contributed by atoms with Crippen LogP contribution >= 0.6 is 0 Å². The number of carbonyl (C=O) groups excluding carboxylic acids is 1. The number of hydrogen-bond acceptors (Lipinski definition) is 2. The second-order valence-electron chi connectivity index (χ2n) is 6.04. The van der Waals surface area contributed by atoms with Gasteiger partial charge in [-0.2, -0.15) is 0 Å². The quantitative estimate of drug-likeness (QED) is 0.668. The largest absolute Gasteiger partial charge is 0.489 e. The number of unbranched alkanes of at least 4 members (excludes halogenated alkanes) is 1. The zero-order valence-electron chi connectivity index (χ0n) is 14.6. The van der Waals surface area contributed by atoms with Gasteiger partial charge in [-0.15, -0.1) is 0 Å². The molecule has 0 heterocycles. The zero-order chi connectivity index (χ0) is 17.2. The maximum absolute atomic E-state index is 12.3. The van der Waals surface area contributed by atoms with Crippen LogP contribution in [0.4, 0.5) is 5.69 Å². The van der Waals surface area contributed by atoms with Crippen LogP contribution in [0.5, 0.6) is 5.75 Å². The minimum atomic E-state index is 0.0963. The lowest BCUT2D eigenvalue weighted by Gasteiger charge is -2.15. The van der Waals surface area contributed by atoms with Crippen LogP contribution in [0.3, 0.4) is 0 Å². The van der Waals surface area contributed by atoms with Gasteiger partial charge in [0.1, 0.15) is 12.4 Å². The van der Waals surface area contributed by atoms with Crippen molar-refractivity contribution in [3.05, 3.63) is 60.2 Å². The van der Waals surface area contributed by atoms with Crippen molar-refractivity contribution in [3.63, 3.8) is 0 Å². The molecule has 3 heteroatoms. The Bertz CT molecular complexity index is 607. The molecule has 2 aromatic rings. The average molecular weight is 325 g/mol. The predicted octanol–water partition coefficient (Wildman–Crippen LogP) is 5.42. The highest BCUT2D eigenvalue weighted by atomic mass is 16.5. The van der Waals surface area contributed by atoms with Crippen LogP contribution in [0.2, 0.25) is 0 Å². The van der Waals surface area contributed by atoms with E-state index in [0.29, 0.717) is 6.61 Å². The molecule has 24 heavy (non-hydrogen) atoms. The van der Waals surface area contributed by atoms with Crippen LogP contribution in [-0.4, -0.2) is 5.91 Å². The molecule has 0 unspecified atom stereocenters. The Balaban J connectivity index is 1.86. The Morgan fingerprint density at radius 3 is 2.38 bits per heavy atom. The minimum absolute atomic E-state index is 0.0963. The van der Waals surface area contributed by atoms with Gasteiger partial charge in [0.15, 0.2) is 0 Å². The number of anilines is 1. The van der Waals surface area contributed by atoms with E-state index in [1.165, 1.54) is 0 Å². The molecule has 0 aliphatic rings. The molecule has 0 saturated carbocycles. The fourth-order valence-corrected chi connectivity index (χ4v) is 2.59. The van der Waals surface area contributed by atoms with Crippen LogP contribution in [0.15, 0.2) is 54.6 Å². The smallest absolute Gasteiger partial charge is 0.227 e. The van der Waals surface area contributed by atoms with E-state index in [1.807, 2.05) is 54.6 Å². The number of nitrogens with one attached hydrogen (secondary N) is 1. The van der Waals surface area contributed by atoms with Crippen molar-refractivity contribution in [3.8, 4) is 5.75 Å². The van der Waals surface area contributed by atoms with Crippen molar-refractivity contribution in [1.29, 1.82) is 0 Å². The molecule has 128 valence electrons. The van der Waals surface area contributed by atoms with E-state index < -0.39 is 0 Å². The molecule has 0 aliphatic carbocycles. The summed E-state index contributed by atoms with van der Waals surface area (Å²) in [5.41, 5.74) is 1.96. The Labute approximate surface area is 145 Å². The van der Waals surface area contributed by atoms with E-state index in [2.05, 4.69) is 19.2 Å². The first-order valence-electron chi connectivity index (χ1n) is 8.80. The molecule has 0 aliphatic heterocycles. The van der Waals surface area contributed by atoms with Gasteiger partial charge in [-0.1, -0.05) is 57.0 Å². The molecule has 0 fully saturated rings. The summed E-state index contributed by atoms with van der Waals surface area (Å²) in [5, 5.41) is 3.01. The maximum atomic E-state index is 12.3. The molecule has 1 amide bonds. The first-order chi connectivity index (χ1) is 11.7. The van der Waals surface area contributed by atoms with E-state index in [0.717, 1.165) is 42.7 Å². The van der Waals surface area contributed by atoms with Gasteiger partial charge in [0.25, 0.3) is 0 Å². The number of amides is 1. The third-order valence-corrected chi connectivity index (χ3v) is 4.14. The van der Waals surface area contributed by atoms with Gasteiger partial charge in [-0.25, -0.2) is 0 Å².